The van der Waals surface area contributed by atoms with Gasteiger partial charge in [-0.2, -0.15) is 0 Å². The zero-order valence-corrected chi connectivity index (χ0v) is 12.1. The standard InChI is InChI=1S/C15H23NO2S/c1-3-9-16-10-5-7-14(12-16)13-6-4-8-15(11-13)19(2,17)18/h4,6,8,11,14H,3,5,7,9-10,12H2,1-2H3/i2D3. The third-order valence-corrected chi connectivity index (χ3v) is 4.56. The van der Waals surface area contributed by atoms with E-state index in [1.807, 2.05) is 6.07 Å². The molecule has 1 saturated heterocycles. The van der Waals surface area contributed by atoms with Crippen LogP contribution >= 0.6 is 0 Å². The highest BCUT2D eigenvalue weighted by Crippen LogP contribution is 2.28. The van der Waals surface area contributed by atoms with Gasteiger partial charge in [-0.3, -0.25) is 0 Å². The van der Waals surface area contributed by atoms with E-state index in [2.05, 4.69) is 11.8 Å². The molecule has 1 heterocycles. The van der Waals surface area contributed by atoms with Gasteiger partial charge in [-0.15, -0.1) is 0 Å². The normalized spacial score (nSPS) is 24.5. The van der Waals surface area contributed by atoms with E-state index in [-0.39, 0.29) is 10.8 Å². The summed E-state index contributed by atoms with van der Waals surface area (Å²) < 4.78 is 45.8. The molecule has 0 aromatic heterocycles. The number of piperidine rings is 1. The van der Waals surface area contributed by atoms with E-state index in [0.29, 0.717) is 0 Å². The molecule has 106 valence electrons. The molecular formula is C15H23NO2S. The van der Waals surface area contributed by atoms with E-state index < -0.39 is 16.0 Å². The molecule has 1 atom stereocenters. The van der Waals surface area contributed by atoms with Gasteiger partial charge in [0.1, 0.15) is 0 Å². The van der Waals surface area contributed by atoms with Gasteiger partial charge in [0, 0.05) is 16.8 Å². The van der Waals surface area contributed by atoms with E-state index in [1.165, 1.54) is 6.07 Å². The van der Waals surface area contributed by atoms with Crippen LogP contribution in [0.15, 0.2) is 29.2 Å². The minimum absolute atomic E-state index is 0.0994. The Labute approximate surface area is 120 Å². The quantitative estimate of drug-likeness (QED) is 0.853. The average Bonchev–Trinajstić information content (AvgIpc) is 2.47. The van der Waals surface area contributed by atoms with Crippen LogP contribution in [0.2, 0.25) is 0 Å². The van der Waals surface area contributed by atoms with Crippen LogP contribution in [0.3, 0.4) is 0 Å². The van der Waals surface area contributed by atoms with Crippen LogP contribution in [0.5, 0.6) is 0 Å². The highest BCUT2D eigenvalue weighted by Gasteiger charge is 2.21. The van der Waals surface area contributed by atoms with Crippen LogP contribution in [0.1, 0.15) is 41.8 Å². The first kappa shape index (κ1) is 10.9. The molecule has 0 N–H and O–H groups in total. The second-order valence-corrected chi connectivity index (χ2v) is 6.69. The van der Waals surface area contributed by atoms with Crippen molar-refractivity contribution in [3.05, 3.63) is 29.8 Å². The van der Waals surface area contributed by atoms with Crippen molar-refractivity contribution in [2.75, 3.05) is 25.8 Å². The van der Waals surface area contributed by atoms with Crippen molar-refractivity contribution in [1.29, 1.82) is 0 Å². The van der Waals surface area contributed by atoms with Gasteiger partial charge in [0.2, 0.25) is 0 Å². The summed E-state index contributed by atoms with van der Waals surface area (Å²) in [6.07, 6.45) is 0.186. The molecule has 0 aliphatic carbocycles. The molecule has 2 rings (SSSR count). The van der Waals surface area contributed by atoms with Gasteiger partial charge in [0.15, 0.2) is 9.84 Å². The van der Waals surface area contributed by atoms with Crippen LogP contribution in [0, 0.1) is 0 Å². The largest absolute Gasteiger partial charge is 0.303 e. The maximum atomic E-state index is 12.1. The lowest BCUT2D eigenvalue weighted by Gasteiger charge is -2.32. The fraction of sp³-hybridized carbons (Fsp3) is 0.600. The average molecular weight is 284 g/mol. The third kappa shape index (κ3) is 3.80. The smallest absolute Gasteiger partial charge is 0.175 e. The molecule has 1 aliphatic rings. The van der Waals surface area contributed by atoms with E-state index in [4.69, 9.17) is 4.11 Å². The first-order chi connectivity index (χ1) is 10.3. The number of hydrogen-bond acceptors (Lipinski definition) is 3. The van der Waals surface area contributed by atoms with Crippen molar-refractivity contribution in [3.63, 3.8) is 0 Å². The van der Waals surface area contributed by atoms with Gasteiger partial charge < -0.3 is 4.90 Å². The Morgan fingerprint density at radius 2 is 2.32 bits per heavy atom. The van der Waals surface area contributed by atoms with Crippen molar-refractivity contribution in [1.82, 2.24) is 4.90 Å². The molecule has 0 saturated carbocycles. The SMILES string of the molecule is [2H]C([2H])([2H])S(=O)(=O)c1cccc(C2CCCN(CCC)C2)c1. The van der Waals surface area contributed by atoms with Gasteiger partial charge in [-0.1, -0.05) is 19.1 Å². The topological polar surface area (TPSA) is 37.4 Å². The highest BCUT2D eigenvalue weighted by atomic mass is 32.2. The highest BCUT2D eigenvalue weighted by molar-refractivity contribution is 7.90. The zero-order chi connectivity index (χ0) is 16.4. The Morgan fingerprint density at radius 3 is 3.05 bits per heavy atom. The summed E-state index contributed by atoms with van der Waals surface area (Å²) >= 11 is 0. The maximum absolute atomic E-state index is 12.1. The number of likely N-dealkylation sites (tertiary alicyclic amines) is 1. The summed E-state index contributed by atoms with van der Waals surface area (Å²) in [5.74, 6) is 0.270. The number of hydrogen-bond donors (Lipinski definition) is 0. The van der Waals surface area contributed by atoms with Crippen LogP contribution in [-0.2, 0) is 9.84 Å². The molecular weight excluding hydrogens is 258 g/mol. The predicted octanol–water partition coefficient (Wildman–Crippen LogP) is 2.68. The summed E-state index contributed by atoms with van der Waals surface area (Å²) in [7, 11) is -4.27. The first-order valence-corrected chi connectivity index (χ1v) is 8.31. The Balaban J connectivity index is 2.25. The molecule has 0 bridgehead atoms. The summed E-state index contributed by atoms with van der Waals surface area (Å²) in [6, 6.07) is 6.46. The van der Waals surface area contributed by atoms with Gasteiger partial charge in [-0.05, 0) is 56.0 Å². The van der Waals surface area contributed by atoms with Gasteiger partial charge in [0.05, 0.1) is 4.90 Å². The fourth-order valence-electron chi connectivity index (χ4n) is 2.78. The summed E-state index contributed by atoms with van der Waals surface area (Å²) in [5.41, 5.74) is 0.922. The van der Waals surface area contributed by atoms with E-state index >= 15 is 0 Å². The molecule has 1 fully saturated rings. The van der Waals surface area contributed by atoms with E-state index in [0.717, 1.165) is 44.5 Å². The lowest BCUT2D eigenvalue weighted by Crippen LogP contribution is -2.34. The molecule has 0 radical (unpaired) electrons. The van der Waals surface area contributed by atoms with Crippen molar-refractivity contribution in [2.24, 2.45) is 0 Å². The molecule has 1 aromatic carbocycles. The van der Waals surface area contributed by atoms with Crippen molar-refractivity contribution >= 4 is 9.84 Å². The Hall–Kier alpha value is -0.870. The molecule has 0 spiro atoms. The van der Waals surface area contributed by atoms with Crippen molar-refractivity contribution in [3.8, 4) is 0 Å². The maximum Gasteiger partial charge on any atom is 0.175 e. The second-order valence-electron chi connectivity index (χ2n) is 5.22. The lowest BCUT2D eigenvalue weighted by atomic mass is 9.90. The molecule has 1 aromatic rings. The lowest BCUT2D eigenvalue weighted by molar-refractivity contribution is 0.208. The minimum Gasteiger partial charge on any atom is -0.303 e. The second kappa shape index (κ2) is 6.06. The minimum atomic E-state index is -4.27. The van der Waals surface area contributed by atoms with E-state index in [1.54, 1.807) is 12.1 Å². The van der Waals surface area contributed by atoms with E-state index in [9.17, 15) is 8.42 Å². The molecule has 1 aliphatic heterocycles. The van der Waals surface area contributed by atoms with Gasteiger partial charge >= 0.3 is 0 Å². The number of nitrogens with zero attached hydrogens (tertiary/aromatic N) is 1. The molecule has 19 heavy (non-hydrogen) atoms. The number of benzene rings is 1. The first-order valence-electron chi connectivity index (χ1n) is 8.32. The number of rotatable bonds is 4. The fourth-order valence-corrected chi connectivity index (χ4v) is 3.33. The molecule has 3 nitrogen and oxygen atoms in total. The zero-order valence-electron chi connectivity index (χ0n) is 14.3. The van der Waals surface area contributed by atoms with Crippen LogP contribution < -0.4 is 0 Å². The molecule has 0 amide bonds. The Bertz CT molecular complexity index is 611. The Kier molecular flexibility index (Phi) is 3.46. The van der Waals surface area contributed by atoms with Crippen molar-refractivity contribution < 1.29 is 12.5 Å². The third-order valence-electron chi connectivity index (χ3n) is 3.69. The Morgan fingerprint density at radius 1 is 1.47 bits per heavy atom. The molecule has 4 heteroatoms. The van der Waals surface area contributed by atoms with Crippen LogP contribution in [0.25, 0.3) is 0 Å². The van der Waals surface area contributed by atoms with Crippen molar-refractivity contribution in [2.45, 2.75) is 37.0 Å². The monoisotopic (exact) mass is 284 g/mol. The van der Waals surface area contributed by atoms with Crippen LogP contribution in [-0.4, -0.2) is 39.1 Å². The number of sulfone groups is 1. The molecule has 1 unspecified atom stereocenters. The van der Waals surface area contributed by atoms with Gasteiger partial charge in [-0.25, -0.2) is 8.42 Å². The summed E-state index contributed by atoms with van der Waals surface area (Å²) in [4.78, 5) is 2.29. The van der Waals surface area contributed by atoms with Gasteiger partial charge in [0.25, 0.3) is 0 Å². The summed E-state index contributed by atoms with van der Waals surface area (Å²) in [5, 5.41) is 0. The summed E-state index contributed by atoms with van der Waals surface area (Å²) in [6.45, 7) is 5.18. The predicted molar refractivity (Wildman–Crippen MR) is 78.3 cm³/mol. The van der Waals surface area contributed by atoms with Crippen LogP contribution in [0.4, 0.5) is 0 Å².